The minimum absolute atomic E-state index is 0.00472. The molecule has 0 aromatic heterocycles. The number of carbonyl (C=O) groups is 3. The van der Waals surface area contributed by atoms with Gasteiger partial charge in [-0.15, -0.1) is 0 Å². The molecule has 0 saturated carbocycles. The summed E-state index contributed by atoms with van der Waals surface area (Å²) in [5.74, 6) is -0.300. The Morgan fingerprint density at radius 1 is 0.889 bits per heavy atom. The largest absolute Gasteiger partial charge is 0.484 e. The highest BCUT2D eigenvalue weighted by atomic mass is 79.9. The van der Waals surface area contributed by atoms with Crippen molar-refractivity contribution < 1.29 is 23.9 Å². The number of hydrogen-bond donors (Lipinski definition) is 1. The first-order valence-electron chi connectivity index (χ1n) is 11.4. The molecule has 2 amide bonds. The van der Waals surface area contributed by atoms with Crippen LogP contribution in [0.4, 0.5) is 11.4 Å². The Labute approximate surface area is 217 Å². The fraction of sp³-hybridized carbons (Fsp3) is 0.222. The number of esters is 1. The summed E-state index contributed by atoms with van der Waals surface area (Å²) >= 11 is 3.36. The minimum Gasteiger partial charge on any atom is -0.484 e. The maximum Gasteiger partial charge on any atom is 0.337 e. The van der Waals surface area contributed by atoms with E-state index in [1.807, 2.05) is 47.4 Å². The van der Waals surface area contributed by atoms with Crippen LogP contribution in [0.1, 0.15) is 20.7 Å². The van der Waals surface area contributed by atoms with Gasteiger partial charge in [-0.25, -0.2) is 4.79 Å². The Bertz CT molecular complexity index is 1230. The van der Waals surface area contributed by atoms with Gasteiger partial charge in [0.25, 0.3) is 11.8 Å². The van der Waals surface area contributed by atoms with E-state index >= 15 is 0 Å². The van der Waals surface area contributed by atoms with Crippen LogP contribution in [0, 0.1) is 0 Å². The number of hydrogen-bond acceptors (Lipinski definition) is 6. The van der Waals surface area contributed by atoms with Gasteiger partial charge < -0.3 is 24.6 Å². The molecule has 3 aromatic carbocycles. The molecule has 0 atom stereocenters. The maximum absolute atomic E-state index is 12.8. The summed E-state index contributed by atoms with van der Waals surface area (Å²) in [6.45, 7) is 2.03. The summed E-state index contributed by atoms with van der Waals surface area (Å²) < 4.78 is 11.3. The molecular weight excluding hydrogens is 526 g/mol. The highest BCUT2D eigenvalue weighted by molar-refractivity contribution is 9.10. The van der Waals surface area contributed by atoms with Gasteiger partial charge in [-0.3, -0.25) is 9.59 Å². The minimum atomic E-state index is -0.499. The van der Waals surface area contributed by atoms with Crippen LogP contribution in [-0.4, -0.2) is 62.6 Å². The average Bonchev–Trinajstić information content (AvgIpc) is 2.92. The molecule has 0 unspecified atom stereocenters. The fourth-order valence-electron chi connectivity index (χ4n) is 3.94. The number of piperazine rings is 1. The molecule has 8 nitrogen and oxygen atoms in total. The number of ether oxygens (including phenoxy) is 2. The van der Waals surface area contributed by atoms with Gasteiger partial charge >= 0.3 is 5.97 Å². The highest BCUT2D eigenvalue weighted by Crippen LogP contribution is 2.29. The van der Waals surface area contributed by atoms with Crippen LogP contribution in [0.3, 0.4) is 0 Å². The Morgan fingerprint density at radius 2 is 1.58 bits per heavy atom. The molecule has 0 aliphatic carbocycles. The molecule has 1 saturated heterocycles. The lowest BCUT2D eigenvalue weighted by Gasteiger charge is -2.37. The second-order valence-electron chi connectivity index (χ2n) is 8.16. The summed E-state index contributed by atoms with van der Waals surface area (Å²) in [7, 11) is 1.31. The predicted molar refractivity (Wildman–Crippen MR) is 141 cm³/mol. The number of nitrogens with one attached hydrogen (secondary N) is 1. The standard InChI is InChI=1S/C27H26BrN3O5/c1-35-27(34)20-7-12-24(23(17-20)29-25(32)18-36-22-10-8-21(28)9-11-22)30-13-15-31(16-14-30)26(33)19-5-3-2-4-6-19/h2-12,17H,13-16,18H2,1H3,(H,29,32). The molecule has 4 rings (SSSR count). The van der Waals surface area contributed by atoms with Crippen LogP contribution >= 0.6 is 15.9 Å². The van der Waals surface area contributed by atoms with Crippen molar-refractivity contribution >= 4 is 45.1 Å². The Balaban J connectivity index is 1.45. The lowest BCUT2D eigenvalue weighted by atomic mass is 10.1. The molecule has 9 heteroatoms. The van der Waals surface area contributed by atoms with Crippen LogP contribution in [0.15, 0.2) is 77.3 Å². The third-order valence-electron chi connectivity index (χ3n) is 5.80. The Hall–Kier alpha value is -3.85. The van der Waals surface area contributed by atoms with Gasteiger partial charge in [0.05, 0.1) is 24.0 Å². The number of methoxy groups -OCH3 is 1. The smallest absolute Gasteiger partial charge is 0.337 e. The number of carbonyl (C=O) groups excluding carboxylic acids is 3. The van der Waals surface area contributed by atoms with Crippen LogP contribution < -0.4 is 15.0 Å². The van der Waals surface area contributed by atoms with Crippen molar-refractivity contribution in [3.05, 3.63) is 88.4 Å². The normalized spacial score (nSPS) is 13.2. The fourth-order valence-corrected chi connectivity index (χ4v) is 4.20. The van der Waals surface area contributed by atoms with Gasteiger partial charge in [-0.05, 0) is 54.6 Å². The molecule has 186 valence electrons. The van der Waals surface area contributed by atoms with E-state index < -0.39 is 5.97 Å². The predicted octanol–water partition coefficient (Wildman–Crippen LogP) is 4.22. The van der Waals surface area contributed by atoms with Crippen LogP contribution in [-0.2, 0) is 9.53 Å². The lowest BCUT2D eigenvalue weighted by Crippen LogP contribution is -2.49. The second kappa shape index (κ2) is 11.7. The number of anilines is 2. The van der Waals surface area contributed by atoms with Gasteiger partial charge in [0.2, 0.25) is 0 Å². The lowest BCUT2D eigenvalue weighted by molar-refractivity contribution is -0.118. The van der Waals surface area contributed by atoms with Crippen molar-refractivity contribution in [2.75, 3.05) is 50.1 Å². The molecule has 3 aromatic rings. The zero-order valence-electron chi connectivity index (χ0n) is 19.8. The summed E-state index contributed by atoms with van der Waals surface area (Å²) in [4.78, 5) is 41.5. The van der Waals surface area contributed by atoms with Crippen molar-refractivity contribution in [3.63, 3.8) is 0 Å². The molecule has 36 heavy (non-hydrogen) atoms. The van der Waals surface area contributed by atoms with E-state index in [1.54, 1.807) is 30.3 Å². The highest BCUT2D eigenvalue weighted by Gasteiger charge is 2.24. The second-order valence-corrected chi connectivity index (χ2v) is 9.08. The monoisotopic (exact) mass is 551 g/mol. The third kappa shape index (κ3) is 6.23. The van der Waals surface area contributed by atoms with E-state index in [1.165, 1.54) is 7.11 Å². The number of amides is 2. The van der Waals surface area contributed by atoms with Gasteiger partial charge in [-0.1, -0.05) is 34.1 Å². The summed E-state index contributed by atoms with van der Waals surface area (Å²) in [5, 5.41) is 2.87. The Kier molecular flexibility index (Phi) is 8.22. The van der Waals surface area contributed by atoms with Gasteiger partial charge in [0.15, 0.2) is 6.61 Å². The maximum atomic E-state index is 12.8. The molecule has 1 aliphatic heterocycles. The van der Waals surface area contributed by atoms with E-state index in [-0.39, 0.29) is 18.4 Å². The number of halogens is 1. The summed E-state index contributed by atoms with van der Waals surface area (Å²) in [5.41, 5.74) is 2.21. The number of nitrogens with zero attached hydrogens (tertiary/aromatic N) is 2. The quantitative estimate of drug-likeness (QED) is 0.442. The molecule has 0 radical (unpaired) electrons. The summed E-state index contributed by atoms with van der Waals surface area (Å²) in [6, 6.07) is 21.4. The van der Waals surface area contributed by atoms with E-state index in [9.17, 15) is 14.4 Å². The van der Waals surface area contributed by atoms with Crippen LogP contribution in [0.2, 0.25) is 0 Å². The van der Waals surface area contributed by atoms with Crippen LogP contribution in [0.25, 0.3) is 0 Å². The first-order chi connectivity index (χ1) is 17.4. The van der Waals surface area contributed by atoms with Crippen molar-refractivity contribution in [2.24, 2.45) is 0 Å². The molecule has 0 spiro atoms. The number of benzene rings is 3. The van der Waals surface area contributed by atoms with Gasteiger partial charge in [0.1, 0.15) is 5.75 Å². The molecule has 1 aliphatic rings. The van der Waals surface area contributed by atoms with E-state index in [2.05, 4.69) is 26.1 Å². The molecule has 1 N–H and O–H groups in total. The van der Waals surface area contributed by atoms with E-state index in [0.29, 0.717) is 48.7 Å². The first kappa shape index (κ1) is 25.2. The molecule has 1 heterocycles. The van der Waals surface area contributed by atoms with Crippen molar-refractivity contribution in [2.45, 2.75) is 0 Å². The zero-order valence-corrected chi connectivity index (χ0v) is 21.4. The zero-order chi connectivity index (χ0) is 25.5. The third-order valence-corrected chi connectivity index (χ3v) is 6.33. The number of rotatable bonds is 7. The van der Waals surface area contributed by atoms with E-state index in [4.69, 9.17) is 9.47 Å². The SMILES string of the molecule is COC(=O)c1ccc(N2CCN(C(=O)c3ccccc3)CC2)c(NC(=O)COc2ccc(Br)cc2)c1. The molecule has 0 bridgehead atoms. The van der Waals surface area contributed by atoms with Crippen molar-refractivity contribution in [3.8, 4) is 5.75 Å². The Morgan fingerprint density at radius 3 is 2.25 bits per heavy atom. The molecule has 1 fully saturated rings. The van der Waals surface area contributed by atoms with Gasteiger partial charge in [-0.2, -0.15) is 0 Å². The van der Waals surface area contributed by atoms with Crippen LogP contribution in [0.5, 0.6) is 5.75 Å². The van der Waals surface area contributed by atoms with E-state index in [0.717, 1.165) is 10.2 Å². The van der Waals surface area contributed by atoms with Crippen molar-refractivity contribution in [1.29, 1.82) is 0 Å². The first-order valence-corrected chi connectivity index (χ1v) is 12.2. The topological polar surface area (TPSA) is 88.2 Å². The van der Waals surface area contributed by atoms with Crippen molar-refractivity contribution in [1.82, 2.24) is 4.90 Å². The van der Waals surface area contributed by atoms with Gasteiger partial charge in [0, 0.05) is 36.2 Å². The average molecular weight is 552 g/mol. The summed E-state index contributed by atoms with van der Waals surface area (Å²) in [6.07, 6.45) is 0. The molecular formula is C27H26BrN3O5.